The quantitative estimate of drug-likeness (QED) is 0.589. The molecule has 3 rings (SSSR count). The first-order chi connectivity index (χ1) is 13.6. The van der Waals surface area contributed by atoms with E-state index in [-0.39, 0.29) is 17.4 Å². The van der Waals surface area contributed by atoms with Crippen LogP contribution in [0, 0.1) is 17.1 Å². The Morgan fingerprint density at radius 1 is 1.18 bits per heavy atom. The van der Waals surface area contributed by atoms with E-state index in [1.54, 1.807) is 12.1 Å². The number of halogens is 1. The minimum absolute atomic E-state index is 0.00641. The highest BCUT2D eigenvalue weighted by Gasteiger charge is 2.16. The summed E-state index contributed by atoms with van der Waals surface area (Å²) in [5, 5.41) is 15.1. The van der Waals surface area contributed by atoms with Crippen molar-refractivity contribution in [3.05, 3.63) is 82.3 Å². The minimum atomic E-state index is -0.417. The van der Waals surface area contributed by atoms with Gasteiger partial charge in [-0.05, 0) is 67.0 Å². The second kappa shape index (κ2) is 9.18. The standard InChI is InChI=1S/C23H24FN3O/c1-16(19-9-8-18-4-2-3-5-20(18)12-19)27-23(28)21(13-25)15-26-14-17-6-10-22(24)11-7-17/h6-12,15-16,26H,2-5,14H2,1H3,(H,27,28)/b21-15-. The molecule has 0 heterocycles. The van der Waals surface area contributed by atoms with Crippen LogP contribution in [0.2, 0.25) is 0 Å². The number of aryl methyl sites for hydroxylation is 2. The molecule has 0 aliphatic heterocycles. The number of carbonyl (C=O) groups is 1. The molecule has 2 aromatic rings. The van der Waals surface area contributed by atoms with Gasteiger partial charge in [-0.25, -0.2) is 4.39 Å². The average Bonchev–Trinajstić information content (AvgIpc) is 2.72. The Morgan fingerprint density at radius 3 is 2.61 bits per heavy atom. The van der Waals surface area contributed by atoms with Crippen molar-refractivity contribution in [1.82, 2.24) is 10.6 Å². The van der Waals surface area contributed by atoms with Crippen LogP contribution in [0.5, 0.6) is 0 Å². The van der Waals surface area contributed by atoms with E-state index < -0.39 is 5.91 Å². The van der Waals surface area contributed by atoms with E-state index in [1.165, 1.54) is 42.3 Å². The highest BCUT2D eigenvalue weighted by Crippen LogP contribution is 2.24. The average molecular weight is 377 g/mol. The maximum atomic E-state index is 12.9. The van der Waals surface area contributed by atoms with E-state index in [1.807, 2.05) is 13.0 Å². The van der Waals surface area contributed by atoms with Gasteiger partial charge >= 0.3 is 0 Å². The van der Waals surface area contributed by atoms with Gasteiger partial charge in [-0.3, -0.25) is 4.79 Å². The van der Waals surface area contributed by atoms with Crippen molar-refractivity contribution in [1.29, 1.82) is 5.26 Å². The molecule has 0 fully saturated rings. The fourth-order valence-corrected chi connectivity index (χ4v) is 3.40. The van der Waals surface area contributed by atoms with Crippen molar-refractivity contribution in [2.45, 2.75) is 45.2 Å². The highest BCUT2D eigenvalue weighted by molar-refractivity contribution is 5.97. The molecule has 1 atom stereocenters. The Balaban J connectivity index is 1.59. The van der Waals surface area contributed by atoms with Gasteiger partial charge in [0.1, 0.15) is 17.5 Å². The van der Waals surface area contributed by atoms with Gasteiger partial charge in [-0.2, -0.15) is 5.26 Å². The van der Waals surface area contributed by atoms with Crippen LogP contribution in [0.3, 0.4) is 0 Å². The van der Waals surface area contributed by atoms with Gasteiger partial charge in [0, 0.05) is 12.7 Å². The molecule has 0 aromatic heterocycles. The second-order valence-corrected chi connectivity index (χ2v) is 7.11. The van der Waals surface area contributed by atoms with Gasteiger partial charge in [0.2, 0.25) is 0 Å². The van der Waals surface area contributed by atoms with Crippen LogP contribution >= 0.6 is 0 Å². The number of benzene rings is 2. The van der Waals surface area contributed by atoms with Crippen molar-refractivity contribution >= 4 is 5.91 Å². The van der Waals surface area contributed by atoms with Crippen LogP contribution in [0.15, 0.2) is 54.2 Å². The molecule has 28 heavy (non-hydrogen) atoms. The number of rotatable bonds is 6. The van der Waals surface area contributed by atoms with Crippen LogP contribution in [-0.4, -0.2) is 5.91 Å². The molecule has 0 bridgehead atoms. The predicted octanol–water partition coefficient (Wildman–Crippen LogP) is 4.08. The molecular weight excluding hydrogens is 353 g/mol. The molecule has 4 nitrogen and oxygen atoms in total. The van der Waals surface area contributed by atoms with Crippen molar-refractivity contribution < 1.29 is 9.18 Å². The van der Waals surface area contributed by atoms with E-state index in [0.717, 1.165) is 24.0 Å². The number of amides is 1. The summed E-state index contributed by atoms with van der Waals surface area (Å²) in [4.78, 5) is 12.4. The van der Waals surface area contributed by atoms with Gasteiger partial charge in [0.15, 0.2) is 0 Å². The Bertz CT molecular complexity index is 912. The largest absolute Gasteiger partial charge is 0.386 e. The molecule has 2 aromatic carbocycles. The van der Waals surface area contributed by atoms with Crippen molar-refractivity contribution in [2.24, 2.45) is 0 Å². The summed E-state index contributed by atoms with van der Waals surface area (Å²) in [6.07, 6.45) is 6.05. The SMILES string of the molecule is CC(NC(=O)/C(C#N)=C\NCc1ccc(F)cc1)c1ccc2c(c1)CCCC2. The van der Waals surface area contributed by atoms with Crippen LogP contribution in [-0.2, 0) is 24.2 Å². The van der Waals surface area contributed by atoms with Crippen LogP contribution in [0.4, 0.5) is 4.39 Å². The summed E-state index contributed by atoms with van der Waals surface area (Å²) in [5.74, 6) is -0.716. The van der Waals surface area contributed by atoms with E-state index in [0.29, 0.717) is 6.54 Å². The molecule has 0 radical (unpaired) electrons. The molecule has 1 amide bonds. The first kappa shape index (κ1) is 19.6. The minimum Gasteiger partial charge on any atom is -0.386 e. The molecule has 2 N–H and O–H groups in total. The van der Waals surface area contributed by atoms with Gasteiger partial charge in [0.25, 0.3) is 5.91 Å². The maximum absolute atomic E-state index is 12.9. The summed E-state index contributed by atoms with van der Waals surface area (Å²) in [5.41, 5.74) is 4.67. The first-order valence-corrected chi connectivity index (χ1v) is 9.57. The van der Waals surface area contributed by atoms with Crippen molar-refractivity contribution in [2.75, 3.05) is 0 Å². The zero-order valence-electron chi connectivity index (χ0n) is 16.0. The number of hydrogen-bond acceptors (Lipinski definition) is 3. The van der Waals surface area contributed by atoms with Crippen molar-refractivity contribution in [3.8, 4) is 6.07 Å². The summed E-state index contributed by atoms with van der Waals surface area (Å²) in [6.45, 7) is 2.32. The lowest BCUT2D eigenvalue weighted by Crippen LogP contribution is -2.28. The lowest BCUT2D eigenvalue weighted by Gasteiger charge is -2.20. The molecule has 144 valence electrons. The Morgan fingerprint density at radius 2 is 1.89 bits per heavy atom. The molecule has 1 aliphatic carbocycles. The lowest BCUT2D eigenvalue weighted by molar-refractivity contribution is -0.117. The number of hydrogen-bond donors (Lipinski definition) is 2. The second-order valence-electron chi connectivity index (χ2n) is 7.11. The third kappa shape index (κ3) is 4.98. The van der Waals surface area contributed by atoms with Gasteiger partial charge < -0.3 is 10.6 Å². The fourth-order valence-electron chi connectivity index (χ4n) is 3.40. The predicted molar refractivity (Wildman–Crippen MR) is 107 cm³/mol. The van der Waals surface area contributed by atoms with Crippen molar-refractivity contribution in [3.63, 3.8) is 0 Å². The molecule has 0 saturated carbocycles. The Kier molecular flexibility index (Phi) is 6.44. The summed E-state index contributed by atoms with van der Waals surface area (Å²) >= 11 is 0. The Hall–Kier alpha value is -3.13. The number of nitrogens with one attached hydrogen (secondary N) is 2. The molecular formula is C23H24FN3O. The van der Waals surface area contributed by atoms with Crippen LogP contribution < -0.4 is 10.6 Å². The molecule has 1 unspecified atom stereocenters. The topological polar surface area (TPSA) is 64.9 Å². The zero-order chi connectivity index (χ0) is 19.9. The summed E-state index contributed by atoms with van der Waals surface area (Å²) < 4.78 is 12.9. The third-order valence-corrected chi connectivity index (χ3v) is 5.05. The highest BCUT2D eigenvalue weighted by atomic mass is 19.1. The smallest absolute Gasteiger partial charge is 0.263 e. The number of nitriles is 1. The lowest BCUT2D eigenvalue weighted by atomic mass is 9.89. The van der Waals surface area contributed by atoms with E-state index in [2.05, 4.69) is 28.8 Å². The summed E-state index contributed by atoms with van der Waals surface area (Å²) in [6, 6.07) is 14.2. The van der Waals surface area contributed by atoms with Gasteiger partial charge in [0.05, 0.1) is 6.04 Å². The first-order valence-electron chi connectivity index (χ1n) is 9.57. The number of nitrogens with zero attached hydrogens (tertiary/aromatic N) is 1. The van der Waals surface area contributed by atoms with E-state index in [4.69, 9.17) is 0 Å². The van der Waals surface area contributed by atoms with Crippen LogP contribution in [0.1, 0.15) is 48.1 Å². The normalized spacial score (nSPS) is 14.5. The number of carbonyl (C=O) groups excluding carboxylic acids is 1. The van der Waals surface area contributed by atoms with E-state index >= 15 is 0 Å². The maximum Gasteiger partial charge on any atom is 0.263 e. The van der Waals surface area contributed by atoms with Gasteiger partial charge in [-0.15, -0.1) is 0 Å². The molecule has 0 saturated heterocycles. The fraction of sp³-hybridized carbons (Fsp3) is 0.304. The molecule has 1 aliphatic rings. The number of fused-ring (bicyclic) bond motifs is 1. The zero-order valence-corrected chi connectivity index (χ0v) is 16.0. The summed E-state index contributed by atoms with van der Waals surface area (Å²) in [7, 11) is 0. The molecule has 0 spiro atoms. The molecule has 5 heteroatoms. The van der Waals surface area contributed by atoms with Gasteiger partial charge in [-0.1, -0.05) is 30.3 Å². The van der Waals surface area contributed by atoms with Crippen LogP contribution in [0.25, 0.3) is 0 Å². The third-order valence-electron chi connectivity index (χ3n) is 5.05. The van der Waals surface area contributed by atoms with E-state index in [9.17, 15) is 14.4 Å². The Labute approximate surface area is 165 Å². The monoisotopic (exact) mass is 377 g/mol.